The molecule has 0 amide bonds. The number of rotatable bonds is 5. The maximum atomic E-state index is 13.7. The number of benzene rings is 1. The normalized spacial score (nSPS) is 20.9. The predicted octanol–water partition coefficient (Wildman–Crippen LogP) is 3.37. The van der Waals surface area contributed by atoms with Crippen molar-refractivity contribution in [1.29, 1.82) is 0 Å². The molecule has 1 aliphatic heterocycles. The van der Waals surface area contributed by atoms with Crippen LogP contribution in [-0.2, 0) is 0 Å². The molecular formula is C14H20FNS. The molecule has 1 nitrogen and oxygen atoms in total. The van der Waals surface area contributed by atoms with Crippen LogP contribution in [0.25, 0.3) is 0 Å². The Morgan fingerprint density at radius 2 is 2.24 bits per heavy atom. The second-order valence-corrected chi connectivity index (χ2v) is 5.64. The number of hydrogen-bond donors (Lipinski definition) is 0. The second-order valence-electron chi connectivity index (χ2n) is 4.65. The fourth-order valence-corrected chi connectivity index (χ4v) is 2.95. The SMILES string of the molecule is CSCCCN1CC[C@@H](c2ccccc2F)C1. The number of halogens is 1. The molecule has 1 fully saturated rings. The van der Waals surface area contributed by atoms with Crippen molar-refractivity contribution in [2.24, 2.45) is 0 Å². The molecule has 1 aromatic carbocycles. The van der Waals surface area contributed by atoms with E-state index in [4.69, 9.17) is 0 Å². The van der Waals surface area contributed by atoms with Crippen molar-refractivity contribution in [3.05, 3.63) is 35.6 Å². The van der Waals surface area contributed by atoms with E-state index in [-0.39, 0.29) is 5.82 Å². The monoisotopic (exact) mass is 253 g/mol. The number of likely N-dealkylation sites (tertiary alicyclic amines) is 1. The van der Waals surface area contributed by atoms with Crippen LogP contribution < -0.4 is 0 Å². The molecule has 17 heavy (non-hydrogen) atoms. The summed E-state index contributed by atoms with van der Waals surface area (Å²) in [6.07, 6.45) is 4.48. The van der Waals surface area contributed by atoms with Crippen molar-refractivity contribution in [1.82, 2.24) is 4.90 Å². The van der Waals surface area contributed by atoms with Crippen molar-refractivity contribution in [3.63, 3.8) is 0 Å². The Balaban J connectivity index is 1.87. The molecule has 0 aromatic heterocycles. The third kappa shape index (κ3) is 3.46. The molecule has 0 saturated carbocycles. The van der Waals surface area contributed by atoms with Crippen LogP contribution in [0.4, 0.5) is 4.39 Å². The Morgan fingerprint density at radius 3 is 3.00 bits per heavy atom. The third-order valence-corrected chi connectivity index (χ3v) is 4.14. The van der Waals surface area contributed by atoms with E-state index in [9.17, 15) is 4.39 Å². The molecule has 0 bridgehead atoms. The Hall–Kier alpha value is -0.540. The van der Waals surface area contributed by atoms with Crippen LogP contribution in [0, 0.1) is 5.82 Å². The third-order valence-electron chi connectivity index (χ3n) is 3.44. The smallest absolute Gasteiger partial charge is 0.126 e. The summed E-state index contributed by atoms with van der Waals surface area (Å²) in [6, 6.07) is 7.22. The van der Waals surface area contributed by atoms with Crippen molar-refractivity contribution in [3.8, 4) is 0 Å². The predicted molar refractivity (Wildman–Crippen MR) is 73.2 cm³/mol. The van der Waals surface area contributed by atoms with Crippen LogP contribution in [0.1, 0.15) is 24.3 Å². The first-order valence-corrected chi connectivity index (χ1v) is 7.66. The molecule has 1 heterocycles. The lowest BCUT2D eigenvalue weighted by Crippen LogP contribution is -2.22. The average molecular weight is 253 g/mol. The van der Waals surface area contributed by atoms with Gasteiger partial charge < -0.3 is 4.90 Å². The van der Waals surface area contributed by atoms with Gasteiger partial charge in [-0.1, -0.05) is 18.2 Å². The summed E-state index contributed by atoms with van der Waals surface area (Å²) in [4.78, 5) is 2.47. The summed E-state index contributed by atoms with van der Waals surface area (Å²) in [5.74, 6) is 1.58. The lowest BCUT2D eigenvalue weighted by molar-refractivity contribution is 0.335. The van der Waals surface area contributed by atoms with Gasteiger partial charge in [0.1, 0.15) is 5.82 Å². The summed E-state index contributed by atoms with van der Waals surface area (Å²) >= 11 is 1.90. The van der Waals surface area contributed by atoms with E-state index in [2.05, 4.69) is 11.2 Å². The first kappa shape index (κ1) is 12.9. The van der Waals surface area contributed by atoms with Gasteiger partial charge in [0.05, 0.1) is 0 Å². The van der Waals surface area contributed by atoms with E-state index >= 15 is 0 Å². The molecule has 0 radical (unpaired) electrons. The van der Waals surface area contributed by atoms with Gasteiger partial charge in [0.15, 0.2) is 0 Å². The first-order valence-electron chi connectivity index (χ1n) is 6.27. The van der Waals surface area contributed by atoms with Gasteiger partial charge in [-0.2, -0.15) is 11.8 Å². The minimum atomic E-state index is -0.0385. The fraction of sp³-hybridized carbons (Fsp3) is 0.571. The van der Waals surface area contributed by atoms with Gasteiger partial charge in [0.25, 0.3) is 0 Å². The second kappa shape index (κ2) is 6.41. The van der Waals surface area contributed by atoms with E-state index in [1.807, 2.05) is 23.9 Å². The van der Waals surface area contributed by atoms with E-state index in [1.54, 1.807) is 12.1 Å². The summed E-state index contributed by atoms with van der Waals surface area (Å²) in [5, 5.41) is 0. The van der Waals surface area contributed by atoms with Crippen molar-refractivity contribution in [2.75, 3.05) is 31.6 Å². The zero-order chi connectivity index (χ0) is 12.1. The molecular weight excluding hydrogens is 233 g/mol. The van der Waals surface area contributed by atoms with Gasteiger partial charge in [-0.05, 0) is 49.6 Å². The Morgan fingerprint density at radius 1 is 1.41 bits per heavy atom. The largest absolute Gasteiger partial charge is 0.303 e. The molecule has 94 valence electrons. The molecule has 0 spiro atoms. The number of thioether (sulfide) groups is 1. The topological polar surface area (TPSA) is 3.24 Å². The van der Waals surface area contributed by atoms with Crippen molar-refractivity contribution in [2.45, 2.75) is 18.8 Å². The highest BCUT2D eigenvalue weighted by Crippen LogP contribution is 2.28. The van der Waals surface area contributed by atoms with E-state index < -0.39 is 0 Å². The van der Waals surface area contributed by atoms with Crippen LogP contribution in [0.2, 0.25) is 0 Å². The number of nitrogens with zero attached hydrogens (tertiary/aromatic N) is 1. The molecule has 3 heteroatoms. The molecule has 0 N–H and O–H groups in total. The van der Waals surface area contributed by atoms with Crippen molar-refractivity contribution >= 4 is 11.8 Å². The van der Waals surface area contributed by atoms with Gasteiger partial charge in [0.2, 0.25) is 0 Å². The quantitative estimate of drug-likeness (QED) is 0.740. The van der Waals surface area contributed by atoms with Gasteiger partial charge >= 0.3 is 0 Å². The average Bonchev–Trinajstić information content (AvgIpc) is 2.79. The minimum absolute atomic E-state index is 0.0385. The molecule has 2 rings (SSSR count). The van der Waals surface area contributed by atoms with Gasteiger partial charge in [-0.25, -0.2) is 4.39 Å². The van der Waals surface area contributed by atoms with Crippen LogP contribution in [0.15, 0.2) is 24.3 Å². The van der Waals surface area contributed by atoms with Crippen LogP contribution in [-0.4, -0.2) is 36.5 Å². The molecule has 1 aromatic rings. The van der Waals surface area contributed by atoms with Crippen LogP contribution in [0.3, 0.4) is 0 Å². The highest BCUT2D eigenvalue weighted by molar-refractivity contribution is 7.98. The van der Waals surface area contributed by atoms with E-state index in [0.717, 1.165) is 31.6 Å². The van der Waals surface area contributed by atoms with E-state index in [0.29, 0.717) is 5.92 Å². The number of hydrogen-bond acceptors (Lipinski definition) is 2. The zero-order valence-electron chi connectivity index (χ0n) is 10.4. The first-order chi connectivity index (χ1) is 8.31. The van der Waals surface area contributed by atoms with Crippen LogP contribution in [0.5, 0.6) is 0 Å². The highest BCUT2D eigenvalue weighted by Gasteiger charge is 2.25. The Labute approximate surface area is 107 Å². The lowest BCUT2D eigenvalue weighted by Gasteiger charge is -2.16. The Kier molecular flexibility index (Phi) is 4.86. The molecule has 0 unspecified atom stereocenters. The highest BCUT2D eigenvalue weighted by atomic mass is 32.2. The summed E-state index contributed by atoms with van der Waals surface area (Å²) in [6.45, 7) is 3.30. The maximum Gasteiger partial charge on any atom is 0.126 e. The molecule has 1 aliphatic rings. The molecule has 0 aliphatic carbocycles. The van der Waals surface area contributed by atoms with Crippen LogP contribution >= 0.6 is 11.8 Å². The zero-order valence-corrected chi connectivity index (χ0v) is 11.2. The standard InChI is InChI=1S/C14H20FNS/c1-17-10-4-8-16-9-7-12(11-16)13-5-2-3-6-14(13)15/h2-3,5-6,12H,4,7-11H2,1H3/t12-/m1/s1. The van der Waals surface area contributed by atoms with Gasteiger partial charge in [-0.3, -0.25) is 0 Å². The lowest BCUT2D eigenvalue weighted by atomic mass is 9.98. The summed E-state index contributed by atoms with van der Waals surface area (Å²) in [7, 11) is 0. The maximum absolute atomic E-state index is 13.7. The minimum Gasteiger partial charge on any atom is -0.303 e. The molecule has 1 saturated heterocycles. The Bertz CT molecular complexity index is 356. The van der Waals surface area contributed by atoms with Gasteiger partial charge in [0, 0.05) is 12.5 Å². The summed E-state index contributed by atoms with van der Waals surface area (Å²) in [5.41, 5.74) is 0.903. The molecule has 1 atom stereocenters. The van der Waals surface area contributed by atoms with Crippen molar-refractivity contribution < 1.29 is 4.39 Å². The fourth-order valence-electron chi connectivity index (χ4n) is 2.53. The van der Waals surface area contributed by atoms with Gasteiger partial charge in [-0.15, -0.1) is 0 Å². The summed E-state index contributed by atoms with van der Waals surface area (Å²) < 4.78 is 13.7. The van der Waals surface area contributed by atoms with E-state index in [1.165, 1.54) is 12.2 Å².